The summed E-state index contributed by atoms with van der Waals surface area (Å²) in [4.78, 5) is 0. The van der Waals surface area contributed by atoms with Crippen molar-refractivity contribution in [1.29, 1.82) is 5.26 Å². The van der Waals surface area contributed by atoms with Gasteiger partial charge in [0.25, 0.3) is 0 Å². The molecule has 2 aromatic carbocycles. The molecule has 0 spiro atoms. The number of nitriles is 1. The van der Waals surface area contributed by atoms with Crippen LogP contribution in [0.1, 0.15) is 5.56 Å². The Bertz CT molecular complexity index is 619. The van der Waals surface area contributed by atoms with Gasteiger partial charge in [-0.15, -0.1) is 0 Å². The molecule has 0 saturated carbocycles. The summed E-state index contributed by atoms with van der Waals surface area (Å²) in [5, 5.41) is 18.7. The van der Waals surface area contributed by atoms with E-state index < -0.39 is 5.82 Å². The molecule has 0 atom stereocenters. The fourth-order valence-electron chi connectivity index (χ4n) is 1.54. The van der Waals surface area contributed by atoms with Crippen LogP contribution in [0.4, 0.5) is 4.39 Å². The Morgan fingerprint density at radius 2 is 2.00 bits per heavy atom. The van der Waals surface area contributed by atoms with Gasteiger partial charge in [0, 0.05) is 5.56 Å². The number of phenols is 1. The molecule has 0 radical (unpaired) electrons. The molecule has 0 amide bonds. The molecule has 2 aromatic rings. The lowest BCUT2D eigenvalue weighted by Gasteiger charge is -2.07. The summed E-state index contributed by atoms with van der Waals surface area (Å²) in [6.45, 7) is 0. The maximum atomic E-state index is 13.1. The molecule has 1 N–H and O–H groups in total. The van der Waals surface area contributed by atoms with Gasteiger partial charge in [-0.25, -0.2) is 4.39 Å². The average Bonchev–Trinajstić information content (AvgIpc) is 2.32. The third-order valence-corrected chi connectivity index (χ3v) is 2.62. The zero-order chi connectivity index (χ0) is 12.4. The number of phenolic OH excluding ortho intramolecular Hbond substituents is 1. The number of halogens is 2. The van der Waals surface area contributed by atoms with E-state index in [0.29, 0.717) is 16.7 Å². The summed E-state index contributed by atoms with van der Waals surface area (Å²) in [5.41, 5.74) is 1.13. The van der Waals surface area contributed by atoms with E-state index in [0.717, 1.165) is 0 Å². The predicted molar refractivity (Wildman–Crippen MR) is 63.2 cm³/mol. The third kappa shape index (κ3) is 2.22. The Labute approximate surface area is 103 Å². The summed E-state index contributed by atoms with van der Waals surface area (Å²) in [7, 11) is 0. The van der Waals surface area contributed by atoms with E-state index in [1.165, 1.54) is 30.3 Å². The standard InChI is InChI=1S/C13H7ClFNO/c14-12-5-8(7-16)4-11(13(12)17)9-2-1-3-10(15)6-9/h1-6,17H. The van der Waals surface area contributed by atoms with Gasteiger partial charge in [0.15, 0.2) is 0 Å². The second-order valence-electron chi connectivity index (χ2n) is 3.48. The van der Waals surface area contributed by atoms with Gasteiger partial charge < -0.3 is 5.11 Å². The number of nitrogens with zero attached hydrogens (tertiary/aromatic N) is 1. The molecule has 0 aromatic heterocycles. The minimum absolute atomic E-state index is 0.0725. The van der Waals surface area contributed by atoms with Crippen molar-refractivity contribution < 1.29 is 9.50 Å². The molecular formula is C13H7ClFNO. The minimum Gasteiger partial charge on any atom is -0.506 e. The number of aromatic hydroxyl groups is 1. The van der Waals surface area contributed by atoms with E-state index >= 15 is 0 Å². The van der Waals surface area contributed by atoms with Gasteiger partial charge in [0.05, 0.1) is 16.7 Å². The first-order valence-electron chi connectivity index (χ1n) is 4.80. The van der Waals surface area contributed by atoms with Crippen LogP contribution in [0.2, 0.25) is 5.02 Å². The predicted octanol–water partition coefficient (Wildman–Crippen LogP) is 3.72. The number of rotatable bonds is 1. The van der Waals surface area contributed by atoms with Crippen molar-refractivity contribution in [3.8, 4) is 22.9 Å². The van der Waals surface area contributed by atoms with Crippen molar-refractivity contribution in [2.24, 2.45) is 0 Å². The molecule has 0 bridgehead atoms. The smallest absolute Gasteiger partial charge is 0.142 e. The Morgan fingerprint density at radius 1 is 1.24 bits per heavy atom. The second-order valence-corrected chi connectivity index (χ2v) is 3.88. The van der Waals surface area contributed by atoms with Crippen LogP contribution in [0.15, 0.2) is 36.4 Å². The van der Waals surface area contributed by atoms with Crippen LogP contribution in [0.3, 0.4) is 0 Å². The van der Waals surface area contributed by atoms with E-state index in [-0.39, 0.29) is 10.8 Å². The van der Waals surface area contributed by atoms with Gasteiger partial charge >= 0.3 is 0 Å². The number of hydrogen-bond donors (Lipinski definition) is 1. The van der Waals surface area contributed by atoms with Crippen molar-refractivity contribution in [2.75, 3.05) is 0 Å². The molecule has 0 unspecified atom stereocenters. The quantitative estimate of drug-likeness (QED) is 0.835. The first kappa shape index (κ1) is 11.4. The van der Waals surface area contributed by atoms with Gasteiger partial charge in [-0.3, -0.25) is 0 Å². The molecule has 0 saturated heterocycles. The van der Waals surface area contributed by atoms with Crippen molar-refractivity contribution in [3.05, 3.63) is 52.8 Å². The summed E-state index contributed by atoms with van der Waals surface area (Å²) in [6.07, 6.45) is 0. The van der Waals surface area contributed by atoms with Crippen LogP contribution in [-0.2, 0) is 0 Å². The molecule has 4 heteroatoms. The highest BCUT2D eigenvalue weighted by Crippen LogP contribution is 2.36. The Kier molecular flexibility index (Phi) is 2.99. The van der Waals surface area contributed by atoms with Crippen molar-refractivity contribution >= 4 is 11.6 Å². The SMILES string of the molecule is N#Cc1cc(Cl)c(O)c(-c2cccc(F)c2)c1. The average molecular weight is 248 g/mol. The van der Waals surface area contributed by atoms with Gasteiger partial charge in [-0.05, 0) is 29.8 Å². The second kappa shape index (κ2) is 4.44. The summed E-state index contributed by atoms with van der Waals surface area (Å²) in [5.74, 6) is -0.573. The van der Waals surface area contributed by atoms with Gasteiger partial charge in [0.2, 0.25) is 0 Å². The molecule has 0 fully saturated rings. The first-order chi connectivity index (χ1) is 8.11. The van der Waals surface area contributed by atoms with Crippen LogP contribution in [-0.4, -0.2) is 5.11 Å². The van der Waals surface area contributed by atoms with Gasteiger partial charge in [-0.2, -0.15) is 5.26 Å². The molecule has 0 aliphatic heterocycles. The fourth-order valence-corrected chi connectivity index (χ4v) is 1.76. The van der Waals surface area contributed by atoms with E-state index in [1.54, 1.807) is 6.07 Å². The minimum atomic E-state index is -0.416. The van der Waals surface area contributed by atoms with E-state index in [2.05, 4.69) is 0 Å². The highest BCUT2D eigenvalue weighted by Gasteiger charge is 2.10. The molecule has 0 aliphatic rings. The zero-order valence-electron chi connectivity index (χ0n) is 8.61. The molecule has 0 heterocycles. The lowest BCUT2D eigenvalue weighted by Crippen LogP contribution is -1.84. The molecule has 2 rings (SSSR count). The molecule has 0 aliphatic carbocycles. The maximum Gasteiger partial charge on any atom is 0.142 e. The third-order valence-electron chi connectivity index (χ3n) is 2.33. The Balaban J connectivity index is 2.67. The van der Waals surface area contributed by atoms with E-state index in [1.807, 2.05) is 6.07 Å². The molecule has 2 nitrogen and oxygen atoms in total. The van der Waals surface area contributed by atoms with Crippen molar-refractivity contribution in [3.63, 3.8) is 0 Å². The highest BCUT2D eigenvalue weighted by atomic mass is 35.5. The monoisotopic (exact) mass is 247 g/mol. The Morgan fingerprint density at radius 3 is 2.65 bits per heavy atom. The topological polar surface area (TPSA) is 44.0 Å². The maximum absolute atomic E-state index is 13.1. The fraction of sp³-hybridized carbons (Fsp3) is 0. The summed E-state index contributed by atoms with van der Waals surface area (Å²) in [6, 6.07) is 10.5. The number of benzene rings is 2. The molecular weight excluding hydrogens is 241 g/mol. The lowest BCUT2D eigenvalue weighted by molar-refractivity contribution is 0.477. The van der Waals surface area contributed by atoms with Crippen LogP contribution < -0.4 is 0 Å². The summed E-state index contributed by atoms with van der Waals surface area (Å²) >= 11 is 5.79. The van der Waals surface area contributed by atoms with E-state index in [4.69, 9.17) is 16.9 Å². The highest BCUT2D eigenvalue weighted by molar-refractivity contribution is 6.32. The molecule has 17 heavy (non-hydrogen) atoms. The first-order valence-corrected chi connectivity index (χ1v) is 5.18. The largest absolute Gasteiger partial charge is 0.506 e. The summed E-state index contributed by atoms with van der Waals surface area (Å²) < 4.78 is 13.1. The zero-order valence-corrected chi connectivity index (χ0v) is 9.37. The van der Waals surface area contributed by atoms with Crippen LogP contribution in [0.25, 0.3) is 11.1 Å². The van der Waals surface area contributed by atoms with Crippen LogP contribution in [0, 0.1) is 17.1 Å². The Hall–Kier alpha value is -2.05. The number of hydrogen-bond acceptors (Lipinski definition) is 2. The molecule has 84 valence electrons. The van der Waals surface area contributed by atoms with Gasteiger partial charge in [0.1, 0.15) is 11.6 Å². The van der Waals surface area contributed by atoms with E-state index in [9.17, 15) is 9.50 Å². The van der Waals surface area contributed by atoms with Crippen molar-refractivity contribution in [1.82, 2.24) is 0 Å². The normalized spacial score (nSPS) is 9.94. The van der Waals surface area contributed by atoms with Crippen molar-refractivity contribution in [2.45, 2.75) is 0 Å². The van der Waals surface area contributed by atoms with Gasteiger partial charge in [-0.1, -0.05) is 23.7 Å². The van der Waals surface area contributed by atoms with Crippen LogP contribution >= 0.6 is 11.6 Å². The lowest BCUT2D eigenvalue weighted by atomic mass is 10.0. The van der Waals surface area contributed by atoms with Crippen LogP contribution in [0.5, 0.6) is 5.75 Å².